The number of Topliss-reactive ketones (excluding diaryl/α,β-unsaturated/α-hetero) is 1. The van der Waals surface area contributed by atoms with E-state index < -0.39 is 12.2 Å². The molecule has 15 heavy (non-hydrogen) atoms. The number of nitriles is 1. The van der Waals surface area contributed by atoms with Gasteiger partial charge in [0.05, 0.1) is 11.6 Å². The number of halogens is 3. The molecular formula is C10H6F2INO. The van der Waals surface area contributed by atoms with Crippen molar-refractivity contribution in [2.45, 2.75) is 13.3 Å². The minimum Gasteiger partial charge on any atom is -0.294 e. The molecule has 2 nitrogen and oxygen atoms in total. The number of hydrogen-bond donors (Lipinski definition) is 0. The van der Waals surface area contributed by atoms with Gasteiger partial charge in [-0.25, -0.2) is 8.78 Å². The number of rotatable bonds is 2. The largest absolute Gasteiger partial charge is 0.294 e. The zero-order valence-electron chi connectivity index (χ0n) is 7.72. The predicted octanol–water partition coefficient (Wildman–Crippen LogP) is 3.30. The maximum atomic E-state index is 12.6. The number of ketones is 1. The Labute approximate surface area is 99.0 Å². The normalized spacial score (nSPS) is 10.1. The summed E-state index contributed by atoms with van der Waals surface area (Å²) in [6.07, 6.45) is -2.71. The van der Waals surface area contributed by atoms with Gasteiger partial charge in [-0.3, -0.25) is 4.79 Å². The van der Waals surface area contributed by atoms with Crippen molar-refractivity contribution in [3.8, 4) is 6.07 Å². The molecule has 0 heterocycles. The van der Waals surface area contributed by atoms with Gasteiger partial charge in [0, 0.05) is 14.7 Å². The van der Waals surface area contributed by atoms with E-state index >= 15 is 0 Å². The zero-order valence-corrected chi connectivity index (χ0v) is 9.88. The highest BCUT2D eigenvalue weighted by atomic mass is 127. The maximum absolute atomic E-state index is 12.6. The summed E-state index contributed by atoms with van der Waals surface area (Å²) in [5.41, 5.74) is -0.149. The van der Waals surface area contributed by atoms with Crippen LogP contribution in [0.2, 0.25) is 0 Å². The van der Waals surface area contributed by atoms with Crippen LogP contribution in [0.5, 0.6) is 0 Å². The first-order valence-electron chi connectivity index (χ1n) is 4.00. The molecule has 1 aromatic carbocycles. The van der Waals surface area contributed by atoms with E-state index in [1.807, 2.05) is 6.07 Å². The van der Waals surface area contributed by atoms with E-state index in [1.54, 1.807) is 22.6 Å². The van der Waals surface area contributed by atoms with Crippen LogP contribution in [-0.4, -0.2) is 5.78 Å². The van der Waals surface area contributed by atoms with E-state index in [4.69, 9.17) is 5.26 Å². The summed E-state index contributed by atoms with van der Waals surface area (Å²) in [5, 5.41) is 8.65. The van der Waals surface area contributed by atoms with Crippen molar-refractivity contribution >= 4 is 28.4 Å². The molecule has 1 rings (SSSR count). The van der Waals surface area contributed by atoms with Crippen LogP contribution in [0.3, 0.4) is 0 Å². The molecule has 0 saturated heterocycles. The molecule has 78 valence electrons. The molecule has 0 unspecified atom stereocenters. The van der Waals surface area contributed by atoms with E-state index in [2.05, 4.69) is 0 Å². The molecule has 0 bridgehead atoms. The Hall–Kier alpha value is -1.03. The lowest BCUT2D eigenvalue weighted by molar-refractivity contribution is 0.0998. The average Bonchev–Trinajstić information content (AvgIpc) is 2.15. The molecule has 0 radical (unpaired) electrons. The Morgan fingerprint density at radius 3 is 2.53 bits per heavy atom. The molecule has 1 aromatic rings. The van der Waals surface area contributed by atoms with Crippen LogP contribution in [0.25, 0.3) is 0 Å². The van der Waals surface area contributed by atoms with Gasteiger partial charge in [-0.05, 0) is 41.6 Å². The Morgan fingerprint density at radius 2 is 2.13 bits per heavy atom. The van der Waals surface area contributed by atoms with E-state index in [0.29, 0.717) is 0 Å². The number of carbonyl (C=O) groups is 1. The molecule has 0 amide bonds. The molecule has 0 saturated carbocycles. The van der Waals surface area contributed by atoms with Crippen LogP contribution < -0.4 is 0 Å². The minimum atomic E-state index is -2.71. The lowest BCUT2D eigenvalue weighted by atomic mass is 10.0. The van der Waals surface area contributed by atoms with E-state index in [9.17, 15) is 13.6 Å². The second-order valence-corrected chi connectivity index (χ2v) is 4.05. The highest BCUT2D eigenvalue weighted by Gasteiger charge is 2.20. The summed E-state index contributed by atoms with van der Waals surface area (Å²) in [6.45, 7) is 1.21. The van der Waals surface area contributed by atoms with Gasteiger partial charge < -0.3 is 0 Å². The van der Waals surface area contributed by atoms with Crippen LogP contribution in [0, 0.1) is 14.9 Å². The van der Waals surface area contributed by atoms with Gasteiger partial charge in [0.1, 0.15) is 0 Å². The fraction of sp³-hybridized carbons (Fsp3) is 0.200. The summed E-state index contributed by atoms with van der Waals surface area (Å²) in [5.74, 6) is -0.458. The van der Waals surface area contributed by atoms with Crippen molar-refractivity contribution in [3.05, 3.63) is 32.4 Å². The maximum Gasteiger partial charge on any atom is 0.265 e. The van der Waals surface area contributed by atoms with Crippen molar-refractivity contribution in [3.63, 3.8) is 0 Å². The van der Waals surface area contributed by atoms with Crippen LogP contribution in [0.4, 0.5) is 8.78 Å². The van der Waals surface area contributed by atoms with Crippen molar-refractivity contribution < 1.29 is 13.6 Å². The third kappa shape index (κ3) is 2.50. The van der Waals surface area contributed by atoms with Gasteiger partial charge in [-0.2, -0.15) is 5.26 Å². The zero-order chi connectivity index (χ0) is 11.6. The van der Waals surface area contributed by atoms with Crippen molar-refractivity contribution in [2.75, 3.05) is 0 Å². The van der Waals surface area contributed by atoms with Gasteiger partial charge in [0.15, 0.2) is 5.78 Å². The Kier molecular flexibility index (Phi) is 3.74. The third-order valence-electron chi connectivity index (χ3n) is 1.86. The molecular weight excluding hydrogens is 315 g/mol. The van der Waals surface area contributed by atoms with E-state index in [0.717, 1.165) is 0 Å². The standard InChI is InChI=1S/C10H6F2INO/c1-5(15)7-2-6(4-14)3-8(13)9(7)10(11)12/h2-3,10H,1H3. The first kappa shape index (κ1) is 12.0. The van der Waals surface area contributed by atoms with Gasteiger partial charge >= 0.3 is 0 Å². The molecule has 0 aliphatic carbocycles. The number of nitrogens with zero attached hydrogens (tertiary/aromatic N) is 1. The van der Waals surface area contributed by atoms with Crippen molar-refractivity contribution in [2.24, 2.45) is 0 Å². The SMILES string of the molecule is CC(=O)c1cc(C#N)cc(I)c1C(F)F. The minimum absolute atomic E-state index is 0.0755. The summed E-state index contributed by atoms with van der Waals surface area (Å²) in [7, 11) is 0. The Bertz CT molecular complexity index is 451. The smallest absolute Gasteiger partial charge is 0.265 e. The first-order chi connectivity index (χ1) is 6.97. The van der Waals surface area contributed by atoms with Crippen molar-refractivity contribution in [1.29, 1.82) is 5.26 Å². The summed E-state index contributed by atoms with van der Waals surface area (Å²) in [6, 6.07) is 4.37. The summed E-state index contributed by atoms with van der Waals surface area (Å²) < 4.78 is 25.5. The Morgan fingerprint density at radius 1 is 1.53 bits per heavy atom. The number of benzene rings is 1. The second-order valence-electron chi connectivity index (χ2n) is 2.89. The van der Waals surface area contributed by atoms with Gasteiger partial charge in [-0.15, -0.1) is 0 Å². The topological polar surface area (TPSA) is 40.9 Å². The van der Waals surface area contributed by atoms with Crippen LogP contribution in [0.15, 0.2) is 12.1 Å². The lowest BCUT2D eigenvalue weighted by Gasteiger charge is -2.08. The highest BCUT2D eigenvalue weighted by Crippen LogP contribution is 2.29. The molecule has 0 atom stereocenters. The summed E-state index contributed by atoms with van der Waals surface area (Å²) >= 11 is 1.70. The molecule has 5 heteroatoms. The second kappa shape index (κ2) is 4.66. The van der Waals surface area contributed by atoms with E-state index in [1.165, 1.54) is 19.1 Å². The van der Waals surface area contributed by atoms with Crippen LogP contribution in [-0.2, 0) is 0 Å². The van der Waals surface area contributed by atoms with Gasteiger partial charge in [0.2, 0.25) is 0 Å². The fourth-order valence-corrected chi connectivity index (χ4v) is 2.06. The van der Waals surface area contributed by atoms with Crippen LogP contribution >= 0.6 is 22.6 Å². The number of alkyl halides is 2. The number of hydrogen-bond acceptors (Lipinski definition) is 2. The molecule has 0 N–H and O–H groups in total. The molecule has 0 fully saturated rings. The van der Waals surface area contributed by atoms with Gasteiger partial charge in [0.25, 0.3) is 6.43 Å². The molecule has 0 aliphatic heterocycles. The molecule has 0 aliphatic rings. The fourth-order valence-electron chi connectivity index (χ4n) is 1.20. The summed E-state index contributed by atoms with van der Waals surface area (Å²) in [4.78, 5) is 11.1. The predicted molar refractivity (Wildman–Crippen MR) is 58.8 cm³/mol. The number of carbonyl (C=O) groups excluding carboxylic acids is 1. The third-order valence-corrected chi connectivity index (χ3v) is 2.75. The average molecular weight is 321 g/mol. The molecule has 0 spiro atoms. The highest BCUT2D eigenvalue weighted by molar-refractivity contribution is 14.1. The van der Waals surface area contributed by atoms with Crippen LogP contribution in [0.1, 0.15) is 34.8 Å². The van der Waals surface area contributed by atoms with E-state index in [-0.39, 0.29) is 20.3 Å². The van der Waals surface area contributed by atoms with Crippen molar-refractivity contribution in [1.82, 2.24) is 0 Å². The van der Waals surface area contributed by atoms with Gasteiger partial charge in [-0.1, -0.05) is 0 Å². The monoisotopic (exact) mass is 321 g/mol. The first-order valence-corrected chi connectivity index (χ1v) is 5.08. The Balaban J connectivity index is 3.51. The molecule has 0 aromatic heterocycles. The quantitative estimate of drug-likeness (QED) is 0.619. The lowest BCUT2D eigenvalue weighted by Crippen LogP contribution is -2.03.